The van der Waals surface area contributed by atoms with Crippen LogP contribution < -0.4 is 5.32 Å². The molecule has 1 aliphatic heterocycles. The van der Waals surface area contributed by atoms with Crippen LogP contribution in [0.4, 0.5) is 10.1 Å². The van der Waals surface area contributed by atoms with Crippen molar-refractivity contribution < 1.29 is 17.6 Å². The number of hydrogen-bond donors (Lipinski definition) is 1. The number of benzene rings is 1. The summed E-state index contributed by atoms with van der Waals surface area (Å²) in [7, 11) is -3.03. The molecule has 2 atom stereocenters. The average molecular weight is 328 g/mol. The normalized spacial score (nSPS) is 21.3. The highest BCUT2D eigenvalue weighted by molar-refractivity contribution is 7.91. The van der Waals surface area contributed by atoms with Crippen LogP contribution in [0.25, 0.3) is 0 Å². The summed E-state index contributed by atoms with van der Waals surface area (Å²) in [6.07, 6.45) is 0.491. The molecule has 5 nitrogen and oxygen atoms in total. The van der Waals surface area contributed by atoms with E-state index >= 15 is 0 Å². The zero-order chi connectivity index (χ0) is 16.3. The van der Waals surface area contributed by atoms with Gasteiger partial charge in [-0.2, -0.15) is 0 Å². The van der Waals surface area contributed by atoms with Gasteiger partial charge in [0.2, 0.25) is 5.91 Å². The number of carbonyl (C=O) groups excluding carboxylic acids is 1. The van der Waals surface area contributed by atoms with E-state index in [0.717, 1.165) is 0 Å². The van der Waals surface area contributed by atoms with E-state index in [2.05, 4.69) is 5.32 Å². The fourth-order valence-corrected chi connectivity index (χ4v) is 4.45. The lowest BCUT2D eigenvalue weighted by molar-refractivity contribution is -0.133. The van der Waals surface area contributed by atoms with Gasteiger partial charge in [0.15, 0.2) is 9.84 Å². The van der Waals surface area contributed by atoms with Crippen LogP contribution in [-0.2, 0) is 14.6 Å². The lowest BCUT2D eigenvalue weighted by Crippen LogP contribution is -2.47. The van der Waals surface area contributed by atoms with Gasteiger partial charge in [0.25, 0.3) is 0 Å². The first-order valence-electron chi connectivity index (χ1n) is 7.35. The van der Waals surface area contributed by atoms with Gasteiger partial charge in [-0.05, 0) is 44.5 Å². The van der Waals surface area contributed by atoms with Crippen molar-refractivity contribution in [2.45, 2.75) is 32.4 Å². The molecule has 1 aromatic carbocycles. The lowest BCUT2D eigenvalue weighted by atomic mass is 10.1. The molecule has 1 heterocycles. The Hall–Kier alpha value is -1.63. The number of sulfone groups is 1. The van der Waals surface area contributed by atoms with Crippen molar-refractivity contribution >= 4 is 21.4 Å². The maximum Gasteiger partial charge on any atom is 0.245 e. The maximum absolute atomic E-state index is 12.9. The van der Waals surface area contributed by atoms with Gasteiger partial charge in [0.1, 0.15) is 11.9 Å². The first-order valence-corrected chi connectivity index (χ1v) is 9.17. The third-order valence-corrected chi connectivity index (χ3v) is 5.62. The lowest BCUT2D eigenvalue weighted by Gasteiger charge is -2.30. The quantitative estimate of drug-likeness (QED) is 0.893. The molecule has 0 aromatic heterocycles. The fourth-order valence-electron chi connectivity index (χ4n) is 2.72. The predicted octanol–water partition coefficient (Wildman–Crippen LogP) is 1.66. The van der Waals surface area contributed by atoms with E-state index in [1.807, 2.05) is 6.92 Å². The monoisotopic (exact) mass is 328 g/mol. The minimum Gasteiger partial charge on any atom is -0.374 e. The SMILES string of the molecule is CCN(C(=O)[C@@H](C)Nc1ccc(F)cc1)[C@@H]1CCS(=O)(=O)C1. The zero-order valence-electron chi connectivity index (χ0n) is 12.8. The third-order valence-electron chi connectivity index (χ3n) is 3.87. The molecule has 0 unspecified atom stereocenters. The molecule has 1 fully saturated rings. The number of amides is 1. The van der Waals surface area contributed by atoms with Gasteiger partial charge in [0, 0.05) is 18.3 Å². The second kappa shape index (κ2) is 6.64. The summed E-state index contributed by atoms with van der Waals surface area (Å²) in [5.41, 5.74) is 0.650. The second-order valence-electron chi connectivity index (χ2n) is 5.55. The summed E-state index contributed by atoms with van der Waals surface area (Å²) in [4.78, 5) is 14.2. The molecule has 0 bridgehead atoms. The van der Waals surface area contributed by atoms with E-state index < -0.39 is 15.9 Å². The fraction of sp³-hybridized carbons (Fsp3) is 0.533. The van der Waals surface area contributed by atoms with Crippen LogP contribution >= 0.6 is 0 Å². The van der Waals surface area contributed by atoms with Crippen molar-refractivity contribution in [2.24, 2.45) is 0 Å². The highest BCUT2D eigenvalue weighted by Crippen LogP contribution is 2.19. The van der Waals surface area contributed by atoms with E-state index in [-0.39, 0.29) is 29.3 Å². The van der Waals surface area contributed by atoms with Crippen molar-refractivity contribution in [1.82, 2.24) is 4.90 Å². The number of anilines is 1. The Morgan fingerprint density at radius 3 is 2.55 bits per heavy atom. The molecule has 1 N–H and O–H groups in total. The van der Waals surface area contributed by atoms with Crippen LogP contribution in [0.2, 0.25) is 0 Å². The molecule has 22 heavy (non-hydrogen) atoms. The molecule has 2 rings (SSSR count). The number of nitrogens with zero attached hydrogens (tertiary/aromatic N) is 1. The smallest absolute Gasteiger partial charge is 0.245 e. The number of hydrogen-bond acceptors (Lipinski definition) is 4. The molecule has 7 heteroatoms. The van der Waals surface area contributed by atoms with E-state index in [4.69, 9.17) is 0 Å². The van der Waals surface area contributed by atoms with Crippen molar-refractivity contribution in [3.63, 3.8) is 0 Å². The number of halogens is 1. The van der Waals surface area contributed by atoms with Crippen LogP contribution in [0.15, 0.2) is 24.3 Å². The molecule has 0 saturated carbocycles. The summed E-state index contributed by atoms with van der Waals surface area (Å²) in [6.45, 7) is 4.03. The first kappa shape index (κ1) is 16.7. The summed E-state index contributed by atoms with van der Waals surface area (Å²) in [5.74, 6) is -0.304. The first-order chi connectivity index (χ1) is 10.3. The molecule has 1 aliphatic rings. The van der Waals surface area contributed by atoms with Gasteiger partial charge in [-0.1, -0.05) is 0 Å². The Morgan fingerprint density at radius 2 is 2.05 bits per heavy atom. The second-order valence-corrected chi connectivity index (χ2v) is 7.78. The van der Waals surface area contributed by atoms with Gasteiger partial charge >= 0.3 is 0 Å². The Morgan fingerprint density at radius 1 is 1.41 bits per heavy atom. The average Bonchev–Trinajstić information content (AvgIpc) is 2.82. The van der Waals surface area contributed by atoms with E-state index in [9.17, 15) is 17.6 Å². The van der Waals surface area contributed by atoms with Gasteiger partial charge in [-0.3, -0.25) is 4.79 Å². The highest BCUT2D eigenvalue weighted by atomic mass is 32.2. The van der Waals surface area contributed by atoms with E-state index in [1.165, 1.54) is 12.1 Å². The minimum absolute atomic E-state index is 0.0375. The summed E-state index contributed by atoms with van der Waals surface area (Å²) >= 11 is 0. The van der Waals surface area contributed by atoms with Crippen LogP contribution in [0.5, 0.6) is 0 Å². The molecule has 122 valence electrons. The van der Waals surface area contributed by atoms with Crippen LogP contribution in [0.3, 0.4) is 0 Å². The number of carbonyl (C=O) groups is 1. The van der Waals surface area contributed by atoms with Crippen molar-refractivity contribution in [3.05, 3.63) is 30.1 Å². The Labute approximate surface area is 130 Å². The van der Waals surface area contributed by atoms with Gasteiger partial charge in [0.05, 0.1) is 11.5 Å². The number of likely N-dealkylation sites (N-methyl/N-ethyl adjacent to an activating group) is 1. The molecule has 1 amide bonds. The molecule has 0 radical (unpaired) electrons. The number of rotatable bonds is 5. The summed E-state index contributed by atoms with van der Waals surface area (Å²) in [6, 6.07) is 5.01. The Kier molecular flexibility index (Phi) is 5.05. The standard InChI is InChI=1S/C15H21FN2O3S/c1-3-18(14-8-9-22(20,21)10-14)15(19)11(2)17-13-6-4-12(16)5-7-13/h4-7,11,14,17H,3,8-10H2,1-2H3/t11-,14-/m1/s1. The summed E-state index contributed by atoms with van der Waals surface area (Å²) in [5, 5.41) is 3.02. The van der Waals surface area contributed by atoms with Crippen molar-refractivity contribution in [1.29, 1.82) is 0 Å². The van der Waals surface area contributed by atoms with Crippen LogP contribution in [-0.4, -0.2) is 49.4 Å². The Balaban J connectivity index is 2.03. The topological polar surface area (TPSA) is 66.5 Å². The van der Waals surface area contributed by atoms with E-state index in [1.54, 1.807) is 24.0 Å². The maximum atomic E-state index is 12.9. The zero-order valence-corrected chi connectivity index (χ0v) is 13.6. The van der Waals surface area contributed by atoms with Crippen molar-refractivity contribution in [3.8, 4) is 0 Å². The molecule has 1 saturated heterocycles. The minimum atomic E-state index is -3.03. The van der Waals surface area contributed by atoms with Crippen LogP contribution in [0.1, 0.15) is 20.3 Å². The number of nitrogens with one attached hydrogen (secondary N) is 1. The van der Waals surface area contributed by atoms with Crippen molar-refractivity contribution in [2.75, 3.05) is 23.4 Å². The van der Waals surface area contributed by atoms with Gasteiger partial charge < -0.3 is 10.2 Å². The van der Waals surface area contributed by atoms with E-state index in [0.29, 0.717) is 18.7 Å². The highest BCUT2D eigenvalue weighted by Gasteiger charge is 2.35. The van der Waals surface area contributed by atoms with Gasteiger partial charge in [-0.15, -0.1) is 0 Å². The molecule has 0 aliphatic carbocycles. The molecular formula is C15H21FN2O3S. The molecular weight excluding hydrogens is 307 g/mol. The summed E-state index contributed by atoms with van der Waals surface area (Å²) < 4.78 is 36.1. The van der Waals surface area contributed by atoms with Gasteiger partial charge in [-0.25, -0.2) is 12.8 Å². The largest absolute Gasteiger partial charge is 0.374 e. The predicted molar refractivity (Wildman–Crippen MR) is 83.9 cm³/mol. The third kappa shape index (κ3) is 3.97. The molecule has 0 spiro atoms. The van der Waals surface area contributed by atoms with Crippen LogP contribution in [0, 0.1) is 5.82 Å². The molecule has 1 aromatic rings. The Bertz CT molecular complexity index is 631.